The van der Waals surface area contributed by atoms with Gasteiger partial charge in [0, 0.05) is 43.1 Å². The smallest absolute Gasteiger partial charge is 0.262 e. The van der Waals surface area contributed by atoms with Gasteiger partial charge in [-0.25, -0.2) is 0 Å². The normalized spacial score (nSPS) is 20.0. The zero-order valence-corrected chi connectivity index (χ0v) is 18.7. The summed E-state index contributed by atoms with van der Waals surface area (Å²) in [5.74, 6) is -0.283. The van der Waals surface area contributed by atoms with Crippen LogP contribution in [0.3, 0.4) is 0 Å². The van der Waals surface area contributed by atoms with Crippen LogP contribution in [0.1, 0.15) is 68.4 Å². The topological polar surface area (TPSA) is 70.3 Å². The fraction of sp³-hybridized carbons (Fsp3) is 0.667. The summed E-state index contributed by atoms with van der Waals surface area (Å²) in [7, 11) is 0. The van der Waals surface area contributed by atoms with Crippen LogP contribution in [0.2, 0.25) is 0 Å². The molecular formula is C24H36N4O2. The largest absolute Gasteiger partial charge is 0.379 e. The van der Waals surface area contributed by atoms with Gasteiger partial charge in [-0.05, 0) is 57.7 Å². The lowest BCUT2D eigenvalue weighted by Crippen LogP contribution is -2.40. The second-order valence-corrected chi connectivity index (χ2v) is 8.78. The number of amides is 1. The van der Waals surface area contributed by atoms with E-state index in [0.717, 1.165) is 50.5 Å². The van der Waals surface area contributed by atoms with E-state index in [1.54, 1.807) is 6.08 Å². The van der Waals surface area contributed by atoms with Crippen LogP contribution in [0.25, 0.3) is 6.08 Å². The Labute approximate surface area is 180 Å². The van der Waals surface area contributed by atoms with E-state index in [4.69, 9.17) is 4.74 Å². The van der Waals surface area contributed by atoms with Crippen LogP contribution in [-0.2, 0) is 9.53 Å². The van der Waals surface area contributed by atoms with E-state index in [0.29, 0.717) is 6.04 Å². The minimum absolute atomic E-state index is 0.0202. The fourth-order valence-electron chi connectivity index (χ4n) is 4.73. The first-order chi connectivity index (χ1) is 14.5. The number of hydrogen-bond acceptors (Lipinski definition) is 4. The number of carbonyl (C=O) groups is 1. The second-order valence-electron chi connectivity index (χ2n) is 8.78. The summed E-state index contributed by atoms with van der Waals surface area (Å²) in [4.78, 5) is 15.1. The number of nitriles is 1. The highest BCUT2D eigenvalue weighted by Crippen LogP contribution is 2.32. The zero-order valence-electron chi connectivity index (χ0n) is 18.7. The molecule has 1 saturated heterocycles. The molecule has 1 saturated carbocycles. The minimum Gasteiger partial charge on any atom is -0.379 e. The maximum Gasteiger partial charge on any atom is 0.262 e. The van der Waals surface area contributed by atoms with Crippen LogP contribution in [0.15, 0.2) is 11.6 Å². The van der Waals surface area contributed by atoms with Gasteiger partial charge in [0.25, 0.3) is 5.91 Å². The molecule has 30 heavy (non-hydrogen) atoms. The lowest BCUT2D eigenvalue weighted by molar-refractivity contribution is -0.117. The lowest BCUT2D eigenvalue weighted by Gasteiger charge is -2.27. The Balaban J connectivity index is 1.63. The highest BCUT2D eigenvalue weighted by atomic mass is 16.5. The van der Waals surface area contributed by atoms with Crippen molar-refractivity contribution >= 4 is 12.0 Å². The van der Waals surface area contributed by atoms with Gasteiger partial charge in [-0.15, -0.1) is 0 Å². The Morgan fingerprint density at radius 2 is 2.00 bits per heavy atom. The predicted octanol–water partition coefficient (Wildman–Crippen LogP) is 3.74. The quantitative estimate of drug-likeness (QED) is 0.547. The molecule has 3 rings (SSSR count). The fourth-order valence-corrected chi connectivity index (χ4v) is 4.73. The van der Waals surface area contributed by atoms with Crippen LogP contribution in [0, 0.1) is 25.2 Å². The molecule has 2 fully saturated rings. The summed E-state index contributed by atoms with van der Waals surface area (Å²) in [6, 6.07) is 4.78. The van der Waals surface area contributed by atoms with Crippen molar-refractivity contribution in [2.45, 2.75) is 71.4 Å². The Hall–Kier alpha value is -2.10. The summed E-state index contributed by atoms with van der Waals surface area (Å²) < 4.78 is 7.78. The van der Waals surface area contributed by atoms with Gasteiger partial charge in [-0.3, -0.25) is 9.69 Å². The SMILES string of the molecule is Cc1cc(/C=C(\C#N)C(=O)NC(C)CCN2CCOCC2)c(C)n1C1CCCCC1. The molecule has 1 N–H and O–H groups in total. The maximum atomic E-state index is 12.7. The third kappa shape index (κ3) is 5.74. The maximum absolute atomic E-state index is 12.7. The van der Waals surface area contributed by atoms with Gasteiger partial charge < -0.3 is 14.6 Å². The number of nitrogens with one attached hydrogen (secondary N) is 1. The number of rotatable bonds is 7. The Kier molecular flexibility index (Phi) is 8.12. The zero-order chi connectivity index (χ0) is 21.5. The lowest BCUT2D eigenvalue weighted by atomic mass is 9.95. The number of aryl methyl sites for hydroxylation is 1. The molecule has 0 spiro atoms. The Bertz CT molecular complexity index is 793. The van der Waals surface area contributed by atoms with Gasteiger partial charge in [0.15, 0.2) is 0 Å². The molecule has 1 atom stereocenters. The molecule has 0 aromatic carbocycles. The van der Waals surface area contributed by atoms with Crippen molar-refractivity contribution < 1.29 is 9.53 Å². The molecule has 0 radical (unpaired) electrons. The van der Waals surface area contributed by atoms with Crippen molar-refractivity contribution in [3.63, 3.8) is 0 Å². The van der Waals surface area contributed by atoms with E-state index in [1.807, 2.05) is 6.92 Å². The summed E-state index contributed by atoms with van der Waals surface area (Å²) in [6.45, 7) is 10.6. The first-order valence-corrected chi connectivity index (χ1v) is 11.4. The second kappa shape index (κ2) is 10.8. The molecule has 0 bridgehead atoms. The van der Waals surface area contributed by atoms with Crippen LogP contribution >= 0.6 is 0 Å². The minimum atomic E-state index is -0.283. The number of hydrogen-bond donors (Lipinski definition) is 1. The van der Waals surface area contributed by atoms with Crippen molar-refractivity contribution in [3.05, 3.63) is 28.6 Å². The average Bonchev–Trinajstić information content (AvgIpc) is 3.04. The summed E-state index contributed by atoms with van der Waals surface area (Å²) in [6.07, 6.45) is 8.93. The van der Waals surface area contributed by atoms with Crippen LogP contribution in [0.4, 0.5) is 0 Å². The molecule has 1 aromatic heterocycles. The van der Waals surface area contributed by atoms with E-state index >= 15 is 0 Å². The summed E-state index contributed by atoms with van der Waals surface area (Å²) in [5.41, 5.74) is 3.52. The molecule has 1 aliphatic heterocycles. The molecule has 6 nitrogen and oxygen atoms in total. The van der Waals surface area contributed by atoms with Gasteiger partial charge in [0.1, 0.15) is 11.6 Å². The Morgan fingerprint density at radius 3 is 2.67 bits per heavy atom. The van der Waals surface area contributed by atoms with Gasteiger partial charge in [0.05, 0.1) is 13.2 Å². The van der Waals surface area contributed by atoms with Crippen LogP contribution in [0.5, 0.6) is 0 Å². The number of nitrogens with zero attached hydrogens (tertiary/aromatic N) is 3. The van der Waals surface area contributed by atoms with E-state index < -0.39 is 0 Å². The average molecular weight is 413 g/mol. The molecule has 1 aromatic rings. The van der Waals surface area contributed by atoms with Gasteiger partial charge in [0.2, 0.25) is 0 Å². The molecule has 1 aliphatic carbocycles. The van der Waals surface area contributed by atoms with Gasteiger partial charge in [-0.2, -0.15) is 5.26 Å². The van der Waals surface area contributed by atoms with E-state index in [9.17, 15) is 10.1 Å². The molecular weight excluding hydrogens is 376 g/mol. The number of carbonyl (C=O) groups excluding carboxylic acids is 1. The van der Waals surface area contributed by atoms with Crippen molar-refractivity contribution in [2.24, 2.45) is 0 Å². The van der Waals surface area contributed by atoms with Crippen molar-refractivity contribution in [3.8, 4) is 6.07 Å². The van der Waals surface area contributed by atoms with E-state index in [2.05, 4.69) is 40.8 Å². The molecule has 1 unspecified atom stereocenters. The molecule has 2 aliphatic rings. The van der Waals surface area contributed by atoms with Gasteiger partial charge in [-0.1, -0.05) is 19.3 Å². The van der Waals surface area contributed by atoms with Crippen LogP contribution < -0.4 is 5.32 Å². The molecule has 164 valence electrons. The Morgan fingerprint density at radius 1 is 1.30 bits per heavy atom. The molecule has 2 heterocycles. The predicted molar refractivity (Wildman–Crippen MR) is 119 cm³/mol. The van der Waals surface area contributed by atoms with E-state index in [-0.39, 0.29) is 17.5 Å². The summed E-state index contributed by atoms with van der Waals surface area (Å²) >= 11 is 0. The highest BCUT2D eigenvalue weighted by molar-refractivity contribution is 6.01. The first kappa shape index (κ1) is 22.6. The molecule has 6 heteroatoms. The summed E-state index contributed by atoms with van der Waals surface area (Å²) in [5, 5.41) is 12.6. The van der Waals surface area contributed by atoms with Crippen molar-refractivity contribution in [1.82, 2.24) is 14.8 Å². The monoisotopic (exact) mass is 412 g/mol. The number of morpholine rings is 1. The van der Waals surface area contributed by atoms with Crippen LogP contribution in [-0.4, -0.2) is 54.3 Å². The highest BCUT2D eigenvalue weighted by Gasteiger charge is 2.21. The van der Waals surface area contributed by atoms with Gasteiger partial charge >= 0.3 is 0 Å². The van der Waals surface area contributed by atoms with Crippen molar-refractivity contribution in [1.29, 1.82) is 5.26 Å². The van der Waals surface area contributed by atoms with E-state index in [1.165, 1.54) is 37.8 Å². The first-order valence-electron chi connectivity index (χ1n) is 11.4. The number of aromatic nitrogens is 1. The van der Waals surface area contributed by atoms with Crippen molar-refractivity contribution in [2.75, 3.05) is 32.8 Å². The third-order valence-corrected chi connectivity index (χ3v) is 6.49. The third-order valence-electron chi connectivity index (χ3n) is 6.49. The number of ether oxygens (including phenoxy) is 1. The standard InChI is InChI=1S/C24H36N4O2/c1-18(9-10-27-11-13-30-14-12-27)26-24(29)22(17-25)16-21-15-19(2)28(20(21)3)23-7-5-4-6-8-23/h15-16,18,23H,4-14H2,1-3H3,(H,26,29)/b22-16+. The molecule has 1 amide bonds.